The van der Waals surface area contributed by atoms with Crippen molar-refractivity contribution in [2.75, 3.05) is 6.61 Å². The highest BCUT2D eigenvalue weighted by Crippen LogP contribution is 2.60. The maximum atomic E-state index is 13.4. The van der Waals surface area contributed by atoms with E-state index in [9.17, 15) is 26.8 Å². The van der Waals surface area contributed by atoms with E-state index in [4.69, 9.17) is 9.29 Å². The van der Waals surface area contributed by atoms with Gasteiger partial charge in [0.15, 0.2) is 0 Å². The minimum absolute atomic E-state index is 0.0290. The quantitative estimate of drug-likeness (QED) is 0.408. The smallest absolute Gasteiger partial charge is 0.460 e. The lowest BCUT2D eigenvalue weighted by molar-refractivity contribution is -0.215. The van der Waals surface area contributed by atoms with Gasteiger partial charge in [0.25, 0.3) is 0 Å². The van der Waals surface area contributed by atoms with Crippen molar-refractivity contribution in [2.45, 2.75) is 49.9 Å². The van der Waals surface area contributed by atoms with Gasteiger partial charge in [-0.2, -0.15) is 17.2 Å². The first-order valence-electron chi connectivity index (χ1n) is 8.76. The number of halogens is 2. The number of ether oxygens (including phenoxy) is 2. The molecule has 3 atom stereocenters. The second-order valence-corrected chi connectivity index (χ2v) is 9.50. The summed E-state index contributed by atoms with van der Waals surface area (Å²) in [6, 6.07) is 0. The first-order chi connectivity index (χ1) is 12.4. The van der Waals surface area contributed by atoms with Gasteiger partial charge >= 0.3 is 27.3 Å². The van der Waals surface area contributed by atoms with Gasteiger partial charge in [0.1, 0.15) is 5.60 Å². The van der Waals surface area contributed by atoms with E-state index in [1.165, 1.54) is 6.92 Å². The second kappa shape index (κ2) is 6.51. The van der Waals surface area contributed by atoms with Gasteiger partial charge in [-0.15, -0.1) is 0 Å². The van der Waals surface area contributed by atoms with Crippen LogP contribution in [0.25, 0.3) is 0 Å². The molecule has 4 aliphatic carbocycles. The summed E-state index contributed by atoms with van der Waals surface area (Å²) in [7, 11) is -5.93. The maximum Gasteiger partial charge on any atom is 0.465 e. The molecule has 0 aromatic heterocycles. The van der Waals surface area contributed by atoms with Gasteiger partial charge in [-0.05, 0) is 56.8 Å². The number of hydrogen-bond donors (Lipinski definition) is 1. The van der Waals surface area contributed by atoms with Crippen molar-refractivity contribution in [3.05, 3.63) is 12.2 Å². The van der Waals surface area contributed by atoms with Crippen LogP contribution in [-0.2, 0) is 29.2 Å². The summed E-state index contributed by atoms with van der Waals surface area (Å²) in [4.78, 5) is 23.7. The predicted octanol–water partition coefficient (Wildman–Crippen LogP) is 2.32. The Bertz CT molecular complexity index is 762. The molecule has 4 bridgehead atoms. The van der Waals surface area contributed by atoms with Gasteiger partial charge < -0.3 is 9.47 Å². The average Bonchev–Trinajstić information content (AvgIpc) is 2.51. The highest BCUT2D eigenvalue weighted by Gasteiger charge is 2.61. The van der Waals surface area contributed by atoms with Crippen molar-refractivity contribution >= 4 is 22.1 Å². The average molecular weight is 408 g/mol. The van der Waals surface area contributed by atoms with E-state index < -0.39 is 45.4 Å². The number of carbonyl (C=O) groups excluding carboxylic acids is 2. The van der Waals surface area contributed by atoms with Gasteiger partial charge in [0.2, 0.25) is 0 Å². The molecule has 4 aliphatic rings. The molecule has 3 unspecified atom stereocenters. The normalized spacial score (nSPS) is 35.0. The van der Waals surface area contributed by atoms with Crippen LogP contribution in [0.1, 0.15) is 39.0 Å². The molecule has 0 heterocycles. The third kappa shape index (κ3) is 3.49. The number of hydrogen-bond acceptors (Lipinski definition) is 6. The van der Waals surface area contributed by atoms with Gasteiger partial charge in [0.05, 0.1) is 6.61 Å². The molecule has 4 fully saturated rings. The van der Waals surface area contributed by atoms with E-state index in [1.807, 2.05) is 0 Å². The van der Waals surface area contributed by atoms with Gasteiger partial charge in [0, 0.05) is 11.5 Å². The summed E-state index contributed by atoms with van der Waals surface area (Å²) in [6.45, 7) is 4.56. The molecule has 0 amide bonds. The fourth-order valence-corrected chi connectivity index (χ4v) is 5.41. The van der Waals surface area contributed by atoms with Crippen LogP contribution in [0.15, 0.2) is 12.2 Å². The Balaban J connectivity index is 1.79. The largest absolute Gasteiger partial charge is 0.465 e. The first kappa shape index (κ1) is 20.2. The molecule has 10 heteroatoms. The summed E-state index contributed by atoms with van der Waals surface area (Å²) in [5.74, 6) is -2.69. The highest BCUT2D eigenvalue weighted by atomic mass is 32.2. The summed E-state index contributed by atoms with van der Waals surface area (Å²) in [6.07, 6.45) is 3.77. The van der Waals surface area contributed by atoms with Crippen molar-refractivity contribution in [1.29, 1.82) is 0 Å². The third-order valence-corrected chi connectivity index (χ3v) is 6.87. The Morgan fingerprint density at radius 1 is 1.22 bits per heavy atom. The molecule has 7 nitrogen and oxygen atoms in total. The molecule has 4 rings (SSSR count). The lowest BCUT2D eigenvalue weighted by Gasteiger charge is -2.59. The topological polar surface area (TPSA) is 107 Å². The minimum atomic E-state index is -5.93. The molecular formula is C17H22F2O7S. The SMILES string of the molecule is C=C(C)C(=O)OC12CC3CC(CC(C3)C1COC(=O)C(F)(F)S(=O)(=O)O)C2. The van der Waals surface area contributed by atoms with Crippen LogP contribution in [0.5, 0.6) is 0 Å². The van der Waals surface area contributed by atoms with Crippen LogP contribution in [-0.4, -0.2) is 42.4 Å². The molecule has 0 aliphatic heterocycles. The van der Waals surface area contributed by atoms with Crippen molar-refractivity contribution in [3.8, 4) is 0 Å². The zero-order chi connectivity index (χ0) is 20.2. The molecule has 1 N–H and O–H groups in total. The predicted molar refractivity (Wildman–Crippen MR) is 88.1 cm³/mol. The molecule has 4 saturated carbocycles. The molecule has 27 heavy (non-hydrogen) atoms. The third-order valence-electron chi connectivity index (χ3n) is 6.05. The van der Waals surface area contributed by atoms with Gasteiger partial charge in [-0.3, -0.25) is 4.55 Å². The highest BCUT2D eigenvalue weighted by molar-refractivity contribution is 7.87. The van der Waals surface area contributed by atoms with E-state index in [1.54, 1.807) is 0 Å². The minimum Gasteiger partial charge on any atom is -0.460 e. The van der Waals surface area contributed by atoms with Crippen LogP contribution < -0.4 is 0 Å². The number of alkyl halides is 2. The van der Waals surface area contributed by atoms with E-state index >= 15 is 0 Å². The van der Waals surface area contributed by atoms with Crippen molar-refractivity contribution in [2.24, 2.45) is 23.7 Å². The van der Waals surface area contributed by atoms with Gasteiger partial charge in [-0.1, -0.05) is 6.58 Å². The number of esters is 2. The molecule has 0 aromatic rings. The summed E-state index contributed by atoms with van der Waals surface area (Å²) in [5, 5.41) is -5.04. The standard InChI is InChI=1S/C17H22F2O7S/c1-9(2)14(20)26-16-6-10-3-11(7-16)5-12(4-10)13(16)8-25-15(21)17(18,19)27(22,23)24/h10-13H,1,3-8H2,2H3,(H,22,23,24). The van der Waals surface area contributed by atoms with E-state index in [0.29, 0.717) is 24.7 Å². The zero-order valence-electron chi connectivity index (χ0n) is 14.8. The number of carbonyl (C=O) groups is 2. The summed E-state index contributed by atoms with van der Waals surface area (Å²) >= 11 is 0. The van der Waals surface area contributed by atoms with Crippen LogP contribution in [0, 0.1) is 23.7 Å². The fraction of sp³-hybridized carbons (Fsp3) is 0.765. The Morgan fingerprint density at radius 3 is 2.26 bits per heavy atom. The molecule has 0 spiro atoms. The van der Waals surface area contributed by atoms with E-state index in [2.05, 4.69) is 11.3 Å². The second-order valence-electron chi connectivity index (χ2n) is 8.04. The molecule has 152 valence electrons. The number of rotatable bonds is 6. The molecule has 0 aromatic carbocycles. The molecular weight excluding hydrogens is 386 g/mol. The van der Waals surface area contributed by atoms with Crippen molar-refractivity contribution in [1.82, 2.24) is 0 Å². The fourth-order valence-electron chi connectivity index (χ4n) is 5.14. The lowest BCUT2D eigenvalue weighted by atomic mass is 9.49. The summed E-state index contributed by atoms with van der Waals surface area (Å²) < 4.78 is 67.1. The Morgan fingerprint density at radius 2 is 1.78 bits per heavy atom. The monoisotopic (exact) mass is 408 g/mol. The van der Waals surface area contributed by atoms with Crippen LogP contribution >= 0.6 is 0 Å². The Labute approximate surface area is 155 Å². The maximum absolute atomic E-state index is 13.4. The lowest BCUT2D eigenvalue weighted by Crippen LogP contribution is -2.60. The zero-order valence-corrected chi connectivity index (χ0v) is 15.6. The van der Waals surface area contributed by atoms with Crippen LogP contribution in [0.3, 0.4) is 0 Å². The van der Waals surface area contributed by atoms with Crippen molar-refractivity contribution < 1.29 is 40.8 Å². The van der Waals surface area contributed by atoms with Gasteiger partial charge in [-0.25, -0.2) is 9.59 Å². The Hall–Kier alpha value is -1.55. The van der Waals surface area contributed by atoms with Crippen LogP contribution in [0.4, 0.5) is 8.78 Å². The molecule has 0 radical (unpaired) electrons. The van der Waals surface area contributed by atoms with E-state index in [0.717, 1.165) is 19.3 Å². The Kier molecular flexibility index (Phi) is 4.87. The van der Waals surface area contributed by atoms with E-state index in [-0.39, 0.29) is 11.5 Å². The van der Waals surface area contributed by atoms with Crippen molar-refractivity contribution in [3.63, 3.8) is 0 Å². The molecule has 0 saturated heterocycles. The van der Waals surface area contributed by atoms with Crippen LogP contribution in [0.2, 0.25) is 0 Å². The first-order valence-corrected chi connectivity index (χ1v) is 10.2. The summed E-state index contributed by atoms with van der Waals surface area (Å²) in [5.41, 5.74) is -0.724.